The van der Waals surface area contributed by atoms with Gasteiger partial charge in [0.1, 0.15) is 5.69 Å². The van der Waals surface area contributed by atoms with Crippen molar-refractivity contribution < 1.29 is 9.72 Å². The number of hydrazone groups is 1. The van der Waals surface area contributed by atoms with Crippen molar-refractivity contribution in [2.45, 2.75) is 6.92 Å². The van der Waals surface area contributed by atoms with Crippen molar-refractivity contribution in [2.24, 2.45) is 5.10 Å². The van der Waals surface area contributed by atoms with Crippen molar-refractivity contribution in [3.05, 3.63) is 82.0 Å². The maximum Gasteiger partial charge on any atom is 0.289 e. The number of amides is 1. The molecule has 0 aliphatic carbocycles. The summed E-state index contributed by atoms with van der Waals surface area (Å²) in [6, 6.07) is 17.0. The Morgan fingerprint density at radius 2 is 1.92 bits per heavy atom. The Morgan fingerprint density at radius 1 is 1.15 bits per heavy atom. The van der Waals surface area contributed by atoms with Crippen molar-refractivity contribution >= 4 is 17.3 Å². The number of carbonyl (C=O) groups excluding carboxylic acids is 1. The monoisotopic (exact) mass is 349 g/mol. The molecule has 26 heavy (non-hydrogen) atoms. The number of carbonyl (C=O) groups is 1. The quantitative estimate of drug-likeness (QED) is 0.418. The molecule has 0 atom stereocenters. The molecular formula is C18H15N5O3. The molecule has 0 radical (unpaired) electrons. The number of nitro benzene ring substituents is 1. The van der Waals surface area contributed by atoms with Crippen molar-refractivity contribution in [1.82, 2.24) is 15.6 Å². The Labute approximate surface area is 148 Å². The lowest BCUT2D eigenvalue weighted by molar-refractivity contribution is -0.384. The SMILES string of the molecule is CC(=NNC(=O)c1cc(-c2cccc([N+](=O)[O-])c2)n[nH]1)c1ccccc1. The Kier molecular flexibility index (Phi) is 4.84. The van der Waals surface area contributed by atoms with E-state index < -0.39 is 10.8 Å². The Hall–Kier alpha value is -3.81. The second kappa shape index (κ2) is 7.39. The third-order valence-corrected chi connectivity index (χ3v) is 3.69. The van der Waals surface area contributed by atoms with Crippen LogP contribution in [0.1, 0.15) is 23.0 Å². The molecule has 3 aromatic rings. The van der Waals surface area contributed by atoms with E-state index in [4.69, 9.17) is 0 Å². The molecule has 1 heterocycles. The van der Waals surface area contributed by atoms with E-state index in [-0.39, 0.29) is 11.4 Å². The number of aromatic nitrogens is 2. The first kappa shape index (κ1) is 17.0. The Morgan fingerprint density at radius 3 is 2.65 bits per heavy atom. The highest BCUT2D eigenvalue weighted by Gasteiger charge is 2.13. The van der Waals surface area contributed by atoms with Gasteiger partial charge in [0, 0.05) is 17.7 Å². The van der Waals surface area contributed by atoms with Crippen LogP contribution in [0.15, 0.2) is 65.8 Å². The number of nitrogens with one attached hydrogen (secondary N) is 2. The van der Waals surface area contributed by atoms with Gasteiger partial charge in [-0.15, -0.1) is 0 Å². The zero-order valence-corrected chi connectivity index (χ0v) is 13.8. The minimum atomic E-state index is -0.481. The number of benzene rings is 2. The maximum atomic E-state index is 12.2. The van der Waals surface area contributed by atoms with Crippen LogP contribution >= 0.6 is 0 Å². The Bertz CT molecular complexity index is 979. The summed E-state index contributed by atoms with van der Waals surface area (Å²) in [5.74, 6) is -0.454. The second-order valence-corrected chi connectivity index (χ2v) is 5.48. The minimum absolute atomic E-state index is 0.0420. The summed E-state index contributed by atoms with van der Waals surface area (Å²) in [6.45, 7) is 1.79. The molecule has 130 valence electrons. The smallest absolute Gasteiger partial charge is 0.272 e. The summed E-state index contributed by atoms with van der Waals surface area (Å²) >= 11 is 0. The first-order chi connectivity index (χ1) is 12.5. The van der Waals surface area contributed by atoms with Crippen LogP contribution in [-0.4, -0.2) is 26.7 Å². The van der Waals surface area contributed by atoms with Crippen molar-refractivity contribution in [2.75, 3.05) is 0 Å². The van der Waals surface area contributed by atoms with Gasteiger partial charge >= 0.3 is 0 Å². The van der Waals surface area contributed by atoms with E-state index in [1.54, 1.807) is 19.1 Å². The van der Waals surface area contributed by atoms with Crippen LogP contribution < -0.4 is 5.43 Å². The Balaban J connectivity index is 1.74. The van der Waals surface area contributed by atoms with E-state index in [0.29, 0.717) is 17.0 Å². The number of non-ortho nitro benzene ring substituents is 1. The van der Waals surface area contributed by atoms with E-state index in [1.807, 2.05) is 30.3 Å². The highest BCUT2D eigenvalue weighted by Crippen LogP contribution is 2.22. The van der Waals surface area contributed by atoms with Gasteiger partial charge in [0.25, 0.3) is 11.6 Å². The number of hydrogen-bond donors (Lipinski definition) is 2. The predicted molar refractivity (Wildman–Crippen MR) is 96.8 cm³/mol. The van der Waals surface area contributed by atoms with Crippen LogP contribution in [0.25, 0.3) is 11.3 Å². The molecule has 0 spiro atoms. The van der Waals surface area contributed by atoms with Gasteiger partial charge in [-0.3, -0.25) is 20.0 Å². The third-order valence-electron chi connectivity index (χ3n) is 3.69. The molecule has 0 saturated heterocycles. The van der Waals surface area contributed by atoms with E-state index >= 15 is 0 Å². The van der Waals surface area contributed by atoms with Gasteiger partial charge in [-0.25, -0.2) is 5.43 Å². The topological polar surface area (TPSA) is 113 Å². The van der Waals surface area contributed by atoms with Crippen molar-refractivity contribution in [1.29, 1.82) is 0 Å². The first-order valence-electron chi connectivity index (χ1n) is 7.75. The summed E-state index contributed by atoms with van der Waals surface area (Å²) in [6.07, 6.45) is 0. The molecule has 1 aromatic heterocycles. The highest BCUT2D eigenvalue weighted by atomic mass is 16.6. The molecule has 1 amide bonds. The average molecular weight is 349 g/mol. The number of nitrogens with zero attached hydrogens (tertiary/aromatic N) is 3. The predicted octanol–water partition coefficient (Wildman–Crippen LogP) is 3.14. The van der Waals surface area contributed by atoms with Gasteiger partial charge in [-0.05, 0) is 18.6 Å². The molecule has 2 N–H and O–H groups in total. The molecule has 3 rings (SSSR count). The lowest BCUT2D eigenvalue weighted by atomic mass is 10.1. The zero-order chi connectivity index (χ0) is 18.5. The molecule has 0 bridgehead atoms. The van der Waals surface area contributed by atoms with Gasteiger partial charge in [0.05, 0.1) is 16.3 Å². The molecule has 0 unspecified atom stereocenters. The van der Waals surface area contributed by atoms with Gasteiger partial charge in [0.2, 0.25) is 0 Å². The van der Waals surface area contributed by atoms with Crippen LogP contribution in [0.4, 0.5) is 5.69 Å². The normalized spacial score (nSPS) is 11.2. The zero-order valence-electron chi connectivity index (χ0n) is 13.8. The fourth-order valence-corrected chi connectivity index (χ4v) is 2.30. The van der Waals surface area contributed by atoms with E-state index in [0.717, 1.165) is 5.56 Å². The molecule has 2 aromatic carbocycles. The fourth-order valence-electron chi connectivity index (χ4n) is 2.30. The fraction of sp³-hybridized carbons (Fsp3) is 0.0556. The average Bonchev–Trinajstić information content (AvgIpc) is 3.17. The number of aromatic amines is 1. The summed E-state index contributed by atoms with van der Waals surface area (Å²) in [5, 5.41) is 21.6. The summed E-state index contributed by atoms with van der Waals surface area (Å²) in [5.41, 5.74) is 5.16. The largest absolute Gasteiger partial charge is 0.289 e. The van der Waals surface area contributed by atoms with Gasteiger partial charge in [-0.2, -0.15) is 10.2 Å². The lowest BCUT2D eigenvalue weighted by Crippen LogP contribution is -2.19. The van der Waals surface area contributed by atoms with Crippen molar-refractivity contribution in [3.63, 3.8) is 0 Å². The van der Waals surface area contributed by atoms with Gasteiger partial charge in [0.15, 0.2) is 0 Å². The standard InChI is InChI=1S/C18H15N5O3/c1-12(13-6-3-2-4-7-13)19-22-18(24)17-11-16(20-21-17)14-8-5-9-15(10-14)23(25)26/h2-11H,1H3,(H,20,21)(H,22,24). The lowest BCUT2D eigenvalue weighted by Gasteiger charge is -2.01. The molecule has 8 nitrogen and oxygen atoms in total. The third kappa shape index (κ3) is 3.81. The van der Waals surface area contributed by atoms with Crippen LogP contribution in [-0.2, 0) is 0 Å². The van der Waals surface area contributed by atoms with Gasteiger partial charge in [-0.1, -0.05) is 42.5 Å². The number of H-pyrrole nitrogens is 1. The molecule has 0 fully saturated rings. The van der Waals surface area contributed by atoms with E-state index in [1.165, 1.54) is 18.2 Å². The van der Waals surface area contributed by atoms with E-state index in [2.05, 4.69) is 20.7 Å². The summed E-state index contributed by atoms with van der Waals surface area (Å²) in [4.78, 5) is 22.6. The number of nitro groups is 1. The summed E-state index contributed by atoms with van der Waals surface area (Å²) < 4.78 is 0. The van der Waals surface area contributed by atoms with Crippen molar-refractivity contribution in [3.8, 4) is 11.3 Å². The maximum absolute atomic E-state index is 12.2. The van der Waals surface area contributed by atoms with Gasteiger partial charge < -0.3 is 0 Å². The molecule has 0 aliphatic rings. The van der Waals surface area contributed by atoms with Crippen LogP contribution in [0.5, 0.6) is 0 Å². The van der Waals surface area contributed by atoms with Crippen LogP contribution in [0.3, 0.4) is 0 Å². The molecule has 0 saturated carbocycles. The van der Waals surface area contributed by atoms with Crippen LogP contribution in [0, 0.1) is 10.1 Å². The second-order valence-electron chi connectivity index (χ2n) is 5.48. The molecule has 8 heteroatoms. The highest BCUT2D eigenvalue weighted by molar-refractivity contribution is 6.00. The summed E-state index contributed by atoms with van der Waals surface area (Å²) in [7, 11) is 0. The van der Waals surface area contributed by atoms with E-state index in [9.17, 15) is 14.9 Å². The number of rotatable bonds is 5. The molecule has 0 aliphatic heterocycles. The number of hydrogen-bond acceptors (Lipinski definition) is 5. The first-order valence-corrected chi connectivity index (χ1v) is 7.75. The van der Waals surface area contributed by atoms with Crippen LogP contribution in [0.2, 0.25) is 0 Å². The molecular weight excluding hydrogens is 334 g/mol. The minimum Gasteiger partial charge on any atom is -0.272 e.